The van der Waals surface area contributed by atoms with Crippen molar-refractivity contribution in [2.24, 2.45) is 0 Å². The highest BCUT2D eigenvalue weighted by Crippen LogP contribution is 2.31. The van der Waals surface area contributed by atoms with Crippen molar-refractivity contribution in [2.75, 3.05) is 32.8 Å². The summed E-state index contributed by atoms with van der Waals surface area (Å²) in [5, 5.41) is 3.02. The molecule has 10 nitrogen and oxygen atoms in total. The number of aromatic nitrogens is 2. The van der Waals surface area contributed by atoms with Crippen LogP contribution in [0.15, 0.2) is 58.1 Å². The molecule has 2 aliphatic heterocycles. The molecule has 3 aromatic rings. The van der Waals surface area contributed by atoms with Crippen LogP contribution in [0.3, 0.4) is 0 Å². The van der Waals surface area contributed by atoms with Gasteiger partial charge in [0.05, 0.1) is 10.8 Å². The molecule has 1 unspecified atom stereocenters. The van der Waals surface area contributed by atoms with E-state index >= 15 is 0 Å². The normalized spacial score (nSPS) is 17.8. The van der Waals surface area contributed by atoms with Crippen LogP contribution in [0.1, 0.15) is 0 Å². The van der Waals surface area contributed by atoms with E-state index in [0.29, 0.717) is 37.7 Å². The summed E-state index contributed by atoms with van der Waals surface area (Å²) >= 11 is 0. The van der Waals surface area contributed by atoms with Crippen molar-refractivity contribution in [2.45, 2.75) is 12.6 Å². The summed E-state index contributed by atoms with van der Waals surface area (Å²) in [6.45, 7) is 1.18. The van der Waals surface area contributed by atoms with Crippen LogP contribution >= 0.6 is 0 Å². The first-order valence-corrected chi connectivity index (χ1v) is 10.7. The number of nitrogens with one attached hydrogen (secondary N) is 1. The largest absolute Gasteiger partial charge is 0.485 e. The molecule has 0 aliphatic carbocycles. The minimum absolute atomic E-state index is 0.132. The molecule has 1 aromatic heterocycles. The van der Waals surface area contributed by atoms with Crippen LogP contribution in [-0.2, 0) is 16.1 Å². The Bertz CT molecular complexity index is 1340. The topological polar surface area (TPSA) is 114 Å². The Morgan fingerprint density at radius 1 is 0.879 bits per heavy atom. The van der Waals surface area contributed by atoms with Crippen LogP contribution in [-0.4, -0.2) is 70.3 Å². The maximum atomic E-state index is 12.9. The zero-order valence-electron chi connectivity index (χ0n) is 17.7. The van der Waals surface area contributed by atoms with Gasteiger partial charge in [0.25, 0.3) is 17.0 Å². The number of hydrogen-bond acceptors (Lipinski definition) is 6. The fourth-order valence-electron chi connectivity index (χ4n) is 4.11. The summed E-state index contributed by atoms with van der Waals surface area (Å²) < 4.78 is 12.5. The third kappa shape index (κ3) is 3.95. The molecular formula is C23H22N4O6. The monoisotopic (exact) mass is 450 g/mol. The Kier molecular flexibility index (Phi) is 5.33. The molecule has 1 N–H and O–H groups in total. The van der Waals surface area contributed by atoms with Gasteiger partial charge in [0.15, 0.2) is 11.5 Å². The number of para-hydroxylation sites is 2. The van der Waals surface area contributed by atoms with Crippen molar-refractivity contribution < 1.29 is 19.1 Å². The van der Waals surface area contributed by atoms with Crippen LogP contribution in [0.2, 0.25) is 0 Å². The number of carbonyl (C=O) groups excluding carboxylic acids is 2. The number of carbonyl (C=O) groups is 2. The van der Waals surface area contributed by atoms with Crippen LogP contribution in [0.25, 0.3) is 10.8 Å². The number of aromatic amines is 1. The van der Waals surface area contributed by atoms with E-state index in [0.717, 1.165) is 4.68 Å². The minimum Gasteiger partial charge on any atom is -0.485 e. The maximum absolute atomic E-state index is 12.9. The number of ether oxygens (including phenoxy) is 2. The van der Waals surface area contributed by atoms with Crippen LogP contribution in [0, 0.1) is 0 Å². The Morgan fingerprint density at radius 3 is 2.27 bits per heavy atom. The van der Waals surface area contributed by atoms with Crippen molar-refractivity contribution >= 4 is 22.6 Å². The summed E-state index contributed by atoms with van der Waals surface area (Å²) in [7, 11) is 0. The van der Waals surface area contributed by atoms with Crippen LogP contribution < -0.4 is 20.6 Å². The second-order valence-corrected chi connectivity index (χ2v) is 7.95. The number of nitrogens with zero attached hydrogens (tertiary/aromatic N) is 3. The lowest BCUT2D eigenvalue weighted by atomic mass is 10.2. The van der Waals surface area contributed by atoms with E-state index < -0.39 is 17.2 Å². The van der Waals surface area contributed by atoms with Gasteiger partial charge in [0.2, 0.25) is 12.0 Å². The molecule has 0 radical (unpaired) electrons. The molecule has 1 fully saturated rings. The molecule has 2 aromatic carbocycles. The average molecular weight is 450 g/mol. The zero-order chi connectivity index (χ0) is 22.9. The predicted molar refractivity (Wildman–Crippen MR) is 118 cm³/mol. The molecule has 0 bridgehead atoms. The number of amides is 2. The van der Waals surface area contributed by atoms with Gasteiger partial charge in [-0.25, -0.2) is 4.68 Å². The van der Waals surface area contributed by atoms with E-state index in [2.05, 4.69) is 5.10 Å². The number of piperazine rings is 1. The summed E-state index contributed by atoms with van der Waals surface area (Å²) in [6.07, 6.45) is -0.733. The summed E-state index contributed by atoms with van der Waals surface area (Å²) in [5.41, 5.74) is -0.855. The van der Waals surface area contributed by atoms with Crippen LogP contribution in [0.4, 0.5) is 0 Å². The highest BCUT2D eigenvalue weighted by molar-refractivity contribution is 5.83. The van der Waals surface area contributed by atoms with Gasteiger partial charge in [0, 0.05) is 26.2 Å². The van der Waals surface area contributed by atoms with E-state index in [9.17, 15) is 19.2 Å². The van der Waals surface area contributed by atoms with Gasteiger partial charge in [-0.05, 0) is 24.3 Å². The van der Waals surface area contributed by atoms with E-state index in [1.807, 2.05) is 12.1 Å². The molecule has 1 atom stereocenters. The van der Waals surface area contributed by atoms with E-state index in [1.165, 1.54) is 0 Å². The van der Waals surface area contributed by atoms with Gasteiger partial charge in [-0.1, -0.05) is 24.3 Å². The molecule has 3 heterocycles. The van der Waals surface area contributed by atoms with Crippen molar-refractivity contribution in [1.82, 2.24) is 19.6 Å². The fourth-order valence-corrected chi connectivity index (χ4v) is 4.11. The molecular weight excluding hydrogens is 428 g/mol. The number of rotatable bonds is 3. The van der Waals surface area contributed by atoms with E-state index in [-0.39, 0.29) is 35.7 Å². The molecule has 2 amide bonds. The van der Waals surface area contributed by atoms with Crippen molar-refractivity contribution in [3.05, 3.63) is 69.2 Å². The molecule has 170 valence electrons. The highest BCUT2D eigenvalue weighted by atomic mass is 16.6. The molecule has 10 heteroatoms. The molecule has 0 saturated carbocycles. The smallest absolute Gasteiger partial charge is 0.273 e. The highest BCUT2D eigenvalue weighted by Gasteiger charge is 2.33. The van der Waals surface area contributed by atoms with Gasteiger partial charge in [-0.15, -0.1) is 0 Å². The summed E-state index contributed by atoms with van der Waals surface area (Å²) in [5.74, 6) is 0.651. The lowest BCUT2D eigenvalue weighted by molar-refractivity contribution is -0.146. The lowest BCUT2D eigenvalue weighted by Gasteiger charge is -2.37. The Hall–Kier alpha value is -4.08. The Morgan fingerprint density at radius 2 is 1.52 bits per heavy atom. The van der Waals surface area contributed by atoms with Crippen LogP contribution in [0.5, 0.6) is 11.5 Å². The third-order valence-electron chi connectivity index (χ3n) is 5.91. The molecule has 5 rings (SSSR count). The second-order valence-electron chi connectivity index (χ2n) is 7.95. The fraction of sp³-hybridized carbons (Fsp3) is 0.304. The first-order valence-electron chi connectivity index (χ1n) is 10.7. The Labute approximate surface area is 187 Å². The van der Waals surface area contributed by atoms with Gasteiger partial charge < -0.3 is 19.3 Å². The predicted octanol–water partition coefficient (Wildman–Crippen LogP) is 0.201. The van der Waals surface area contributed by atoms with Gasteiger partial charge in [-0.2, -0.15) is 0 Å². The summed E-state index contributed by atoms with van der Waals surface area (Å²) in [6, 6.07) is 13.7. The average Bonchev–Trinajstić information content (AvgIpc) is 2.86. The quantitative estimate of drug-likeness (QED) is 0.610. The van der Waals surface area contributed by atoms with Gasteiger partial charge in [-0.3, -0.25) is 24.3 Å². The van der Waals surface area contributed by atoms with E-state index in [1.54, 1.807) is 46.2 Å². The molecule has 33 heavy (non-hydrogen) atoms. The number of H-pyrrole nitrogens is 1. The second kappa shape index (κ2) is 8.45. The summed E-state index contributed by atoms with van der Waals surface area (Å²) in [4.78, 5) is 53.8. The van der Waals surface area contributed by atoms with Crippen molar-refractivity contribution in [3.8, 4) is 11.5 Å². The third-order valence-corrected chi connectivity index (χ3v) is 5.91. The minimum atomic E-state index is -0.733. The first-order chi connectivity index (χ1) is 16.0. The number of hydrogen-bond donors (Lipinski definition) is 1. The molecule has 2 aliphatic rings. The van der Waals surface area contributed by atoms with Gasteiger partial charge in [0.1, 0.15) is 13.2 Å². The zero-order valence-corrected chi connectivity index (χ0v) is 17.7. The van der Waals surface area contributed by atoms with E-state index in [4.69, 9.17) is 9.47 Å². The molecule has 0 spiro atoms. The SMILES string of the molecule is O=C(Cn1[nH]c(=O)c2ccccc2c1=O)N1CCN(C(=O)C2COc3ccccc3O2)CC1. The maximum Gasteiger partial charge on any atom is 0.273 e. The Balaban J connectivity index is 1.21. The standard InChI is InChI=1S/C23H22N4O6/c28-20(13-27-22(30)16-6-2-1-5-15(16)21(29)24-27)25-9-11-26(12-10-25)23(31)19-14-32-17-7-3-4-8-18(17)33-19/h1-8,19H,9-14H2,(H,24,29). The first kappa shape index (κ1) is 20.8. The van der Waals surface area contributed by atoms with Gasteiger partial charge >= 0.3 is 0 Å². The van der Waals surface area contributed by atoms with Crippen molar-refractivity contribution in [1.29, 1.82) is 0 Å². The number of fused-ring (bicyclic) bond motifs is 2. The van der Waals surface area contributed by atoms with Crippen molar-refractivity contribution in [3.63, 3.8) is 0 Å². The number of benzene rings is 2. The molecule has 1 saturated heterocycles. The lowest BCUT2D eigenvalue weighted by Crippen LogP contribution is -2.55.